The van der Waals surface area contributed by atoms with Crippen molar-refractivity contribution in [2.45, 2.75) is 33.1 Å². The Morgan fingerprint density at radius 2 is 1.23 bits per heavy atom. The van der Waals surface area contributed by atoms with E-state index in [4.69, 9.17) is 0 Å². The lowest BCUT2D eigenvalue weighted by molar-refractivity contribution is 0.310. The minimum absolute atomic E-state index is 0.273. The summed E-state index contributed by atoms with van der Waals surface area (Å²) in [5.41, 5.74) is 3.41. The number of allylic oxidation sites excluding steroid dienone is 4. The highest BCUT2D eigenvalue weighted by atomic mass is 16.3. The van der Waals surface area contributed by atoms with E-state index in [9.17, 15) is 10.2 Å². The summed E-state index contributed by atoms with van der Waals surface area (Å²) in [7, 11) is 0. The van der Waals surface area contributed by atoms with Crippen molar-refractivity contribution in [1.82, 2.24) is 0 Å². The lowest BCUT2D eigenvalue weighted by Crippen LogP contribution is -2.41. The molecule has 2 N–H and O–H groups in total. The van der Waals surface area contributed by atoms with Crippen LogP contribution in [-0.2, 0) is 5.41 Å². The van der Waals surface area contributed by atoms with Gasteiger partial charge < -0.3 is 10.2 Å². The number of phenolic OH excluding ortho intramolecular Hbond substituents is 2. The standard InChI is InChI=1S/C24H28O2/c1-16(2)22-6-5-15-24(23(22)17(3)4,18-7-11-20(25)12-8-18)19-9-13-21(26)14-10-19/h5-17,23,25-26H,1-4H3. The third kappa shape index (κ3) is 3.05. The minimum atomic E-state index is -0.329. The van der Waals surface area contributed by atoms with Crippen molar-refractivity contribution >= 4 is 0 Å². The number of rotatable bonds is 4. The molecule has 0 fully saturated rings. The van der Waals surface area contributed by atoms with E-state index in [2.05, 4.69) is 45.9 Å². The maximum Gasteiger partial charge on any atom is 0.115 e. The molecule has 0 bridgehead atoms. The second-order valence-corrected chi connectivity index (χ2v) is 7.86. The molecule has 0 radical (unpaired) electrons. The maximum atomic E-state index is 9.80. The van der Waals surface area contributed by atoms with Crippen molar-refractivity contribution < 1.29 is 10.2 Å². The molecule has 3 rings (SSSR count). The van der Waals surface area contributed by atoms with E-state index in [1.165, 1.54) is 5.57 Å². The van der Waals surface area contributed by atoms with Crippen LogP contribution in [0.3, 0.4) is 0 Å². The fraction of sp³-hybridized carbons (Fsp3) is 0.333. The van der Waals surface area contributed by atoms with E-state index in [1.54, 1.807) is 24.3 Å². The molecule has 1 unspecified atom stereocenters. The Morgan fingerprint density at radius 1 is 0.769 bits per heavy atom. The first-order chi connectivity index (χ1) is 12.4. The topological polar surface area (TPSA) is 40.5 Å². The zero-order valence-electron chi connectivity index (χ0n) is 16.0. The number of benzene rings is 2. The van der Waals surface area contributed by atoms with Crippen molar-refractivity contribution in [3.05, 3.63) is 83.5 Å². The van der Waals surface area contributed by atoms with E-state index in [0.29, 0.717) is 17.8 Å². The van der Waals surface area contributed by atoms with Crippen LogP contribution in [0.1, 0.15) is 38.8 Å². The van der Waals surface area contributed by atoms with E-state index in [1.807, 2.05) is 24.3 Å². The van der Waals surface area contributed by atoms with Gasteiger partial charge in [0.25, 0.3) is 0 Å². The van der Waals surface area contributed by atoms with Gasteiger partial charge in [0.15, 0.2) is 0 Å². The van der Waals surface area contributed by atoms with Crippen LogP contribution in [0.4, 0.5) is 0 Å². The molecule has 1 aliphatic carbocycles. The Balaban J connectivity index is 2.30. The van der Waals surface area contributed by atoms with Crippen LogP contribution in [0.25, 0.3) is 0 Å². The predicted molar refractivity (Wildman–Crippen MR) is 107 cm³/mol. The summed E-state index contributed by atoms with van der Waals surface area (Å²) in [5.74, 6) is 1.71. The van der Waals surface area contributed by atoms with E-state index < -0.39 is 0 Å². The number of phenols is 2. The van der Waals surface area contributed by atoms with E-state index >= 15 is 0 Å². The van der Waals surface area contributed by atoms with Gasteiger partial charge in [0, 0.05) is 5.41 Å². The van der Waals surface area contributed by atoms with Gasteiger partial charge in [-0.3, -0.25) is 0 Å². The second kappa shape index (κ2) is 7.03. The van der Waals surface area contributed by atoms with Gasteiger partial charge in [0.2, 0.25) is 0 Å². The smallest absolute Gasteiger partial charge is 0.115 e. The average molecular weight is 348 g/mol. The summed E-state index contributed by atoms with van der Waals surface area (Å²) < 4.78 is 0. The molecular weight excluding hydrogens is 320 g/mol. The second-order valence-electron chi connectivity index (χ2n) is 7.86. The third-order valence-electron chi connectivity index (χ3n) is 5.52. The van der Waals surface area contributed by atoms with Crippen molar-refractivity contribution in [3.63, 3.8) is 0 Å². The molecule has 0 heterocycles. The van der Waals surface area contributed by atoms with Crippen molar-refractivity contribution in [2.24, 2.45) is 17.8 Å². The molecule has 0 spiro atoms. The first-order valence-electron chi connectivity index (χ1n) is 9.34. The summed E-state index contributed by atoms with van der Waals surface area (Å²) >= 11 is 0. The molecule has 0 saturated carbocycles. The van der Waals surface area contributed by atoms with Crippen molar-refractivity contribution in [3.8, 4) is 11.5 Å². The van der Waals surface area contributed by atoms with Gasteiger partial charge in [0.05, 0.1) is 0 Å². The van der Waals surface area contributed by atoms with Gasteiger partial charge in [0.1, 0.15) is 11.5 Å². The summed E-state index contributed by atoms with van der Waals surface area (Å²) in [6.07, 6.45) is 6.70. The molecule has 0 amide bonds. The third-order valence-corrected chi connectivity index (χ3v) is 5.52. The fourth-order valence-electron chi connectivity index (χ4n) is 4.44. The highest BCUT2D eigenvalue weighted by molar-refractivity contribution is 5.53. The molecule has 26 heavy (non-hydrogen) atoms. The van der Waals surface area contributed by atoms with Crippen LogP contribution in [0, 0.1) is 17.8 Å². The Hall–Kier alpha value is -2.48. The zero-order chi connectivity index (χ0) is 18.9. The molecule has 2 nitrogen and oxygen atoms in total. The molecule has 2 aromatic carbocycles. The minimum Gasteiger partial charge on any atom is -0.508 e. The lowest BCUT2D eigenvalue weighted by atomic mass is 9.57. The summed E-state index contributed by atoms with van der Waals surface area (Å²) in [4.78, 5) is 0. The van der Waals surface area contributed by atoms with E-state index in [0.717, 1.165) is 11.1 Å². The first kappa shape index (κ1) is 18.3. The Bertz CT molecular complexity index is 763. The average Bonchev–Trinajstić information content (AvgIpc) is 2.62. The molecule has 136 valence electrons. The van der Waals surface area contributed by atoms with Crippen LogP contribution in [0.5, 0.6) is 11.5 Å². The van der Waals surface area contributed by atoms with Gasteiger partial charge >= 0.3 is 0 Å². The lowest BCUT2D eigenvalue weighted by Gasteiger charge is -2.46. The highest BCUT2D eigenvalue weighted by Gasteiger charge is 2.44. The number of hydrogen-bond donors (Lipinski definition) is 2. The van der Waals surface area contributed by atoms with Gasteiger partial charge in [-0.05, 0) is 53.1 Å². The summed E-state index contributed by atoms with van der Waals surface area (Å²) in [5, 5.41) is 19.6. The molecule has 0 saturated heterocycles. The molecule has 0 aliphatic heterocycles. The number of aromatic hydroxyl groups is 2. The molecular formula is C24H28O2. The van der Waals surface area contributed by atoms with Crippen LogP contribution < -0.4 is 0 Å². The van der Waals surface area contributed by atoms with Gasteiger partial charge in [-0.25, -0.2) is 0 Å². The maximum absolute atomic E-state index is 9.80. The van der Waals surface area contributed by atoms with Gasteiger partial charge in [-0.1, -0.05) is 75.8 Å². The van der Waals surface area contributed by atoms with Crippen LogP contribution in [0.2, 0.25) is 0 Å². The van der Waals surface area contributed by atoms with Crippen LogP contribution in [-0.4, -0.2) is 10.2 Å². The summed E-state index contributed by atoms with van der Waals surface area (Å²) in [6, 6.07) is 15.1. The fourth-order valence-corrected chi connectivity index (χ4v) is 4.44. The van der Waals surface area contributed by atoms with Crippen LogP contribution >= 0.6 is 0 Å². The number of hydrogen-bond acceptors (Lipinski definition) is 2. The largest absolute Gasteiger partial charge is 0.508 e. The van der Waals surface area contributed by atoms with Gasteiger partial charge in [-0.15, -0.1) is 0 Å². The quantitative estimate of drug-likeness (QED) is 0.732. The van der Waals surface area contributed by atoms with Crippen molar-refractivity contribution in [2.75, 3.05) is 0 Å². The Kier molecular flexibility index (Phi) is 4.95. The molecule has 2 heteroatoms. The normalized spacial score (nSPS) is 19.0. The van der Waals surface area contributed by atoms with Crippen molar-refractivity contribution in [1.29, 1.82) is 0 Å². The Labute approximate surface area is 156 Å². The summed E-state index contributed by atoms with van der Waals surface area (Å²) in [6.45, 7) is 9.04. The SMILES string of the molecule is CC(C)C1=CC=CC(c2ccc(O)cc2)(c2ccc(O)cc2)C1C(C)C. The Morgan fingerprint density at radius 3 is 1.62 bits per heavy atom. The molecule has 1 aliphatic rings. The molecule has 0 aromatic heterocycles. The molecule has 1 atom stereocenters. The van der Waals surface area contributed by atoms with Crippen LogP contribution in [0.15, 0.2) is 72.3 Å². The predicted octanol–water partition coefficient (Wildman–Crippen LogP) is 5.81. The van der Waals surface area contributed by atoms with E-state index in [-0.39, 0.29) is 16.9 Å². The van der Waals surface area contributed by atoms with Gasteiger partial charge in [-0.2, -0.15) is 0 Å². The molecule has 2 aromatic rings. The highest BCUT2D eigenvalue weighted by Crippen LogP contribution is 2.51. The monoisotopic (exact) mass is 348 g/mol. The zero-order valence-corrected chi connectivity index (χ0v) is 16.0. The first-order valence-corrected chi connectivity index (χ1v) is 9.34.